The molecule has 0 amide bonds. The first-order chi connectivity index (χ1) is 5.04. The van der Waals surface area contributed by atoms with E-state index in [2.05, 4.69) is 12.0 Å². The van der Waals surface area contributed by atoms with Gasteiger partial charge in [-0.25, -0.2) is 0 Å². The summed E-state index contributed by atoms with van der Waals surface area (Å²) < 4.78 is 1.87. The fourth-order valence-corrected chi connectivity index (χ4v) is 1.17. The quantitative estimate of drug-likeness (QED) is 0.655. The van der Waals surface area contributed by atoms with Gasteiger partial charge in [0.2, 0.25) is 0 Å². The summed E-state index contributed by atoms with van der Waals surface area (Å²) in [6, 6.07) is 0.0369. The Balaban J connectivity index is 3.19. The van der Waals surface area contributed by atoms with Crippen molar-refractivity contribution >= 4 is 0 Å². The molecule has 62 valence electrons. The molecule has 0 saturated heterocycles. The Morgan fingerprint density at radius 2 is 2.00 bits per heavy atom. The van der Waals surface area contributed by atoms with E-state index >= 15 is 0 Å². The molecule has 0 aliphatic rings. The molecule has 3 heteroatoms. The largest absolute Gasteiger partial charge is 0.323 e. The highest BCUT2D eigenvalue weighted by molar-refractivity contribution is 5.25. The molecule has 0 fully saturated rings. The standard InChI is InChI=1S/C8H15N3/c1-5-7(3)11(4)10-8(5)6(2)9/h6H,9H2,1-4H3/t6-/m0/s1. The molecule has 0 aliphatic heterocycles. The first-order valence-corrected chi connectivity index (χ1v) is 3.79. The monoisotopic (exact) mass is 153 g/mol. The summed E-state index contributed by atoms with van der Waals surface area (Å²) in [5.41, 5.74) is 9.13. The Labute approximate surface area is 67.2 Å². The van der Waals surface area contributed by atoms with Gasteiger partial charge in [-0.15, -0.1) is 0 Å². The van der Waals surface area contributed by atoms with Gasteiger partial charge in [0.05, 0.1) is 5.69 Å². The summed E-state index contributed by atoms with van der Waals surface area (Å²) in [5.74, 6) is 0. The topological polar surface area (TPSA) is 43.8 Å². The molecule has 1 rings (SSSR count). The second kappa shape index (κ2) is 2.66. The van der Waals surface area contributed by atoms with Crippen LogP contribution in [0.25, 0.3) is 0 Å². The molecule has 0 saturated carbocycles. The molecule has 2 N–H and O–H groups in total. The van der Waals surface area contributed by atoms with E-state index in [1.807, 2.05) is 25.6 Å². The van der Waals surface area contributed by atoms with Gasteiger partial charge in [-0.1, -0.05) is 0 Å². The van der Waals surface area contributed by atoms with Crippen molar-refractivity contribution < 1.29 is 0 Å². The molecule has 3 nitrogen and oxygen atoms in total. The minimum atomic E-state index is 0.0369. The van der Waals surface area contributed by atoms with Crippen LogP contribution in [0.2, 0.25) is 0 Å². The van der Waals surface area contributed by atoms with Crippen LogP contribution in [0.4, 0.5) is 0 Å². The molecule has 0 aliphatic carbocycles. The fourth-order valence-electron chi connectivity index (χ4n) is 1.17. The van der Waals surface area contributed by atoms with E-state index in [4.69, 9.17) is 5.73 Å². The lowest BCUT2D eigenvalue weighted by Gasteiger charge is -2.00. The maximum atomic E-state index is 5.72. The summed E-state index contributed by atoms with van der Waals surface area (Å²) in [5, 5.41) is 4.30. The molecule has 0 spiro atoms. The minimum absolute atomic E-state index is 0.0369. The van der Waals surface area contributed by atoms with Crippen molar-refractivity contribution in [1.29, 1.82) is 0 Å². The van der Waals surface area contributed by atoms with Gasteiger partial charge < -0.3 is 5.73 Å². The lowest BCUT2D eigenvalue weighted by atomic mass is 10.1. The van der Waals surface area contributed by atoms with Crippen LogP contribution in [0.3, 0.4) is 0 Å². The first-order valence-electron chi connectivity index (χ1n) is 3.79. The van der Waals surface area contributed by atoms with Gasteiger partial charge in [-0.05, 0) is 26.3 Å². The van der Waals surface area contributed by atoms with Gasteiger partial charge in [-0.3, -0.25) is 4.68 Å². The Bertz CT molecular complexity index is 261. The van der Waals surface area contributed by atoms with E-state index in [0.717, 1.165) is 5.69 Å². The van der Waals surface area contributed by atoms with Gasteiger partial charge in [0.25, 0.3) is 0 Å². The van der Waals surface area contributed by atoms with Crippen LogP contribution in [0.15, 0.2) is 0 Å². The number of hydrogen-bond acceptors (Lipinski definition) is 2. The summed E-state index contributed by atoms with van der Waals surface area (Å²) in [6.07, 6.45) is 0. The number of nitrogens with zero attached hydrogens (tertiary/aromatic N) is 2. The van der Waals surface area contributed by atoms with Crippen LogP contribution < -0.4 is 5.73 Å². The van der Waals surface area contributed by atoms with Crippen molar-refractivity contribution in [3.05, 3.63) is 17.0 Å². The van der Waals surface area contributed by atoms with Crippen LogP contribution in [-0.2, 0) is 7.05 Å². The summed E-state index contributed by atoms with van der Waals surface area (Å²) in [6.45, 7) is 6.06. The molecule has 0 radical (unpaired) electrons. The van der Waals surface area contributed by atoms with E-state index in [1.54, 1.807) is 0 Å². The van der Waals surface area contributed by atoms with E-state index < -0.39 is 0 Å². The van der Waals surface area contributed by atoms with E-state index in [9.17, 15) is 0 Å². The van der Waals surface area contributed by atoms with E-state index in [-0.39, 0.29) is 6.04 Å². The Kier molecular flexibility index (Phi) is 2.00. The average molecular weight is 153 g/mol. The predicted octanol–water partition coefficient (Wildman–Crippen LogP) is 1.06. The maximum absolute atomic E-state index is 5.72. The van der Waals surface area contributed by atoms with Crippen molar-refractivity contribution in [2.75, 3.05) is 0 Å². The van der Waals surface area contributed by atoms with E-state index in [0.29, 0.717) is 0 Å². The Morgan fingerprint density at radius 1 is 1.45 bits per heavy atom. The Hall–Kier alpha value is -0.830. The van der Waals surface area contributed by atoms with Crippen LogP contribution >= 0.6 is 0 Å². The third kappa shape index (κ3) is 1.28. The van der Waals surface area contributed by atoms with E-state index in [1.165, 1.54) is 11.3 Å². The van der Waals surface area contributed by atoms with Crippen LogP contribution in [0.5, 0.6) is 0 Å². The molecule has 0 aromatic carbocycles. The van der Waals surface area contributed by atoms with Gasteiger partial charge in [0, 0.05) is 18.8 Å². The zero-order valence-corrected chi connectivity index (χ0v) is 7.55. The molecule has 11 heavy (non-hydrogen) atoms. The number of hydrogen-bond donors (Lipinski definition) is 1. The summed E-state index contributed by atoms with van der Waals surface area (Å²) in [7, 11) is 1.94. The zero-order chi connectivity index (χ0) is 8.59. The van der Waals surface area contributed by atoms with Crippen molar-refractivity contribution in [2.24, 2.45) is 12.8 Å². The number of nitrogens with two attached hydrogens (primary N) is 1. The highest BCUT2D eigenvalue weighted by atomic mass is 15.3. The zero-order valence-electron chi connectivity index (χ0n) is 7.55. The van der Waals surface area contributed by atoms with Gasteiger partial charge >= 0.3 is 0 Å². The lowest BCUT2D eigenvalue weighted by Crippen LogP contribution is -2.07. The highest BCUT2D eigenvalue weighted by Gasteiger charge is 2.10. The van der Waals surface area contributed by atoms with Crippen LogP contribution in [0, 0.1) is 13.8 Å². The molecule has 1 aromatic rings. The normalized spacial score (nSPS) is 13.5. The van der Waals surface area contributed by atoms with Crippen molar-refractivity contribution in [2.45, 2.75) is 26.8 Å². The average Bonchev–Trinajstić information content (AvgIpc) is 2.17. The molecule has 1 aromatic heterocycles. The third-order valence-corrected chi connectivity index (χ3v) is 2.10. The fraction of sp³-hybridized carbons (Fsp3) is 0.625. The Morgan fingerprint density at radius 3 is 2.18 bits per heavy atom. The smallest absolute Gasteiger partial charge is 0.0820 e. The second-order valence-corrected chi connectivity index (χ2v) is 3.01. The van der Waals surface area contributed by atoms with Crippen molar-refractivity contribution in [1.82, 2.24) is 9.78 Å². The SMILES string of the molecule is Cc1c([C@H](C)N)nn(C)c1C. The molecule has 0 unspecified atom stereocenters. The summed E-state index contributed by atoms with van der Waals surface area (Å²) in [4.78, 5) is 0. The predicted molar refractivity (Wildman–Crippen MR) is 45.3 cm³/mol. The number of rotatable bonds is 1. The van der Waals surface area contributed by atoms with Gasteiger partial charge in [0.15, 0.2) is 0 Å². The molecular weight excluding hydrogens is 138 g/mol. The first kappa shape index (κ1) is 8.27. The number of aryl methyl sites for hydroxylation is 1. The van der Waals surface area contributed by atoms with Crippen LogP contribution in [0.1, 0.15) is 29.9 Å². The van der Waals surface area contributed by atoms with Crippen molar-refractivity contribution in [3.63, 3.8) is 0 Å². The van der Waals surface area contributed by atoms with Crippen LogP contribution in [-0.4, -0.2) is 9.78 Å². The third-order valence-electron chi connectivity index (χ3n) is 2.10. The second-order valence-electron chi connectivity index (χ2n) is 3.01. The maximum Gasteiger partial charge on any atom is 0.0820 e. The lowest BCUT2D eigenvalue weighted by molar-refractivity contribution is 0.687. The van der Waals surface area contributed by atoms with Gasteiger partial charge in [0.1, 0.15) is 0 Å². The number of aromatic nitrogens is 2. The molecule has 1 heterocycles. The molecule has 1 atom stereocenters. The molecule has 0 bridgehead atoms. The minimum Gasteiger partial charge on any atom is -0.323 e. The van der Waals surface area contributed by atoms with Gasteiger partial charge in [-0.2, -0.15) is 5.10 Å². The highest BCUT2D eigenvalue weighted by Crippen LogP contribution is 2.15. The van der Waals surface area contributed by atoms with Crippen molar-refractivity contribution in [3.8, 4) is 0 Å². The summed E-state index contributed by atoms with van der Waals surface area (Å²) >= 11 is 0. The molecular formula is C8H15N3.